The summed E-state index contributed by atoms with van der Waals surface area (Å²) in [6, 6.07) is 0.897. The lowest BCUT2D eigenvalue weighted by Gasteiger charge is -2.19. The minimum absolute atomic E-state index is 0.300. The molecule has 0 bridgehead atoms. The summed E-state index contributed by atoms with van der Waals surface area (Å²) in [5.41, 5.74) is 0.302. The van der Waals surface area contributed by atoms with Crippen LogP contribution in [-0.2, 0) is 11.8 Å². The third-order valence-electron chi connectivity index (χ3n) is 2.73. The number of aliphatic carboxylic acids is 1. The lowest BCUT2D eigenvalue weighted by Crippen LogP contribution is -2.40. The molecule has 2 heterocycles. The van der Waals surface area contributed by atoms with Gasteiger partial charge in [0, 0.05) is 19.8 Å². The molecular formula is C10H13N3O3. The molecule has 6 nitrogen and oxygen atoms in total. The van der Waals surface area contributed by atoms with Gasteiger partial charge in [-0.15, -0.1) is 0 Å². The number of carboxylic acid groups (broad SMARTS) is 1. The van der Waals surface area contributed by atoms with Gasteiger partial charge in [0.1, 0.15) is 11.7 Å². The predicted molar refractivity (Wildman–Crippen MR) is 54.9 cm³/mol. The van der Waals surface area contributed by atoms with Crippen molar-refractivity contribution >= 4 is 11.9 Å². The van der Waals surface area contributed by atoms with Gasteiger partial charge in [-0.05, 0) is 18.9 Å². The van der Waals surface area contributed by atoms with Gasteiger partial charge in [-0.3, -0.25) is 9.48 Å². The third-order valence-corrected chi connectivity index (χ3v) is 2.73. The van der Waals surface area contributed by atoms with E-state index in [-0.39, 0.29) is 5.91 Å². The molecule has 0 unspecified atom stereocenters. The van der Waals surface area contributed by atoms with Crippen molar-refractivity contribution < 1.29 is 14.7 Å². The molecule has 1 amide bonds. The summed E-state index contributed by atoms with van der Waals surface area (Å²) in [6.45, 7) is 0.492. The Kier molecular flexibility index (Phi) is 2.64. The van der Waals surface area contributed by atoms with Gasteiger partial charge in [0.25, 0.3) is 5.91 Å². The molecule has 0 aliphatic carbocycles. The highest BCUT2D eigenvalue weighted by atomic mass is 16.4. The Morgan fingerprint density at radius 3 is 2.88 bits per heavy atom. The van der Waals surface area contributed by atoms with Crippen LogP contribution in [0.4, 0.5) is 0 Å². The van der Waals surface area contributed by atoms with Crippen molar-refractivity contribution in [2.45, 2.75) is 18.9 Å². The van der Waals surface area contributed by atoms with Crippen LogP contribution >= 0.6 is 0 Å². The molecule has 2 rings (SSSR count). The maximum absolute atomic E-state index is 12.0. The Morgan fingerprint density at radius 1 is 1.56 bits per heavy atom. The number of carboxylic acids is 1. The number of nitrogens with zero attached hydrogens (tertiary/aromatic N) is 3. The maximum Gasteiger partial charge on any atom is 0.326 e. The van der Waals surface area contributed by atoms with Crippen molar-refractivity contribution in [1.82, 2.24) is 14.7 Å². The Labute approximate surface area is 92.5 Å². The number of carbonyl (C=O) groups excluding carboxylic acids is 1. The second-order valence-corrected chi connectivity index (χ2v) is 3.87. The first-order chi connectivity index (χ1) is 7.59. The average Bonchev–Trinajstić information content (AvgIpc) is 2.84. The van der Waals surface area contributed by atoms with Crippen LogP contribution in [-0.4, -0.2) is 44.3 Å². The van der Waals surface area contributed by atoms with Crippen LogP contribution in [0.25, 0.3) is 0 Å². The molecule has 0 aromatic carbocycles. The monoisotopic (exact) mass is 223 g/mol. The fourth-order valence-electron chi connectivity index (χ4n) is 1.94. The van der Waals surface area contributed by atoms with Crippen molar-refractivity contribution in [2.24, 2.45) is 7.05 Å². The van der Waals surface area contributed by atoms with Gasteiger partial charge < -0.3 is 10.0 Å². The van der Waals surface area contributed by atoms with Gasteiger partial charge in [-0.25, -0.2) is 4.79 Å². The van der Waals surface area contributed by atoms with Crippen LogP contribution in [0.5, 0.6) is 0 Å². The van der Waals surface area contributed by atoms with Crippen LogP contribution in [0, 0.1) is 0 Å². The molecular weight excluding hydrogens is 210 g/mol. The van der Waals surface area contributed by atoms with Crippen molar-refractivity contribution in [2.75, 3.05) is 6.54 Å². The fourth-order valence-corrected chi connectivity index (χ4v) is 1.94. The molecule has 0 spiro atoms. The SMILES string of the molecule is Cn1ccc(C(=O)N2CCC[C@H]2C(=O)O)n1. The normalized spacial score (nSPS) is 20.1. The molecule has 1 atom stereocenters. The van der Waals surface area contributed by atoms with Crippen LogP contribution in [0.2, 0.25) is 0 Å². The van der Waals surface area contributed by atoms with E-state index in [0.29, 0.717) is 18.7 Å². The second-order valence-electron chi connectivity index (χ2n) is 3.87. The van der Waals surface area contributed by atoms with Crippen LogP contribution < -0.4 is 0 Å². The van der Waals surface area contributed by atoms with E-state index in [4.69, 9.17) is 5.11 Å². The average molecular weight is 223 g/mol. The molecule has 1 fully saturated rings. The lowest BCUT2D eigenvalue weighted by molar-refractivity contribution is -0.141. The molecule has 1 aromatic heterocycles. The van der Waals surface area contributed by atoms with E-state index in [9.17, 15) is 9.59 Å². The number of rotatable bonds is 2. The molecule has 6 heteroatoms. The van der Waals surface area contributed by atoms with Crippen LogP contribution in [0.1, 0.15) is 23.3 Å². The largest absolute Gasteiger partial charge is 0.480 e. The van der Waals surface area contributed by atoms with E-state index < -0.39 is 12.0 Å². The Morgan fingerprint density at radius 2 is 2.31 bits per heavy atom. The van der Waals surface area contributed by atoms with Crippen molar-refractivity contribution in [1.29, 1.82) is 0 Å². The number of aryl methyl sites for hydroxylation is 1. The number of amides is 1. The first-order valence-electron chi connectivity index (χ1n) is 5.13. The molecule has 86 valence electrons. The maximum atomic E-state index is 12.0. The Bertz CT molecular complexity index is 427. The van der Waals surface area contributed by atoms with Gasteiger partial charge in [0.05, 0.1) is 0 Å². The van der Waals surface area contributed by atoms with E-state index in [1.807, 2.05) is 0 Å². The first kappa shape index (κ1) is 10.7. The summed E-state index contributed by atoms with van der Waals surface area (Å²) in [6.07, 6.45) is 2.92. The summed E-state index contributed by atoms with van der Waals surface area (Å²) in [5, 5.41) is 12.9. The second kappa shape index (κ2) is 3.96. The van der Waals surface area contributed by atoms with E-state index in [2.05, 4.69) is 5.10 Å². The fraction of sp³-hybridized carbons (Fsp3) is 0.500. The van der Waals surface area contributed by atoms with Crippen LogP contribution in [0.15, 0.2) is 12.3 Å². The van der Waals surface area contributed by atoms with Crippen LogP contribution in [0.3, 0.4) is 0 Å². The molecule has 1 aliphatic rings. The quantitative estimate of drug-likeness (QED) is 0.772. The van der Waals surface area contributed by atoms with E-state index in [0.717, 1.165) is 6.42 Å². The Balaban J connectivity index is 2.18. The van der Waals surface area contributed by atoms with Crippen molar-refractivity contribution in [3.8, 4) is 0 Å². The van der Waals surface area contributed by atoms with Gasteiger partial charge in [-0.1, -0.05) is 0 Å². The minimum atomic E-state index is -0.943. The Hall–Kier alpha value is -1.85. The molecule has 0 radical (unpaired) electrons. The standard InChI is InChI=1S/C10H13N3O3/c1-12-6-4-7(11-12)9(14)13-5-2-3-8(13)10(15)16/h4,6,8H,2-3,5H2,1H3,(H,15,16)/t8-/m0/s1. The predicted octanol–water partition coefficient (Wildman–Crippen LogP) is 0.109. The summed E-state index contributed by atoms with van der Waals surface area (Å²) in [4.78, 5) is 24.3. The zero-order chi connectivity index (χ0) is 11.7. The molecule has 1 saturated heterocycles. The van der Waals surface area contributed by atoms with Gasteiger partial charge >= 0.3 is 5.97 Å². The minimum Gasteiger partial charge on any atom is -0.480 e. The molecule has 1 N–H and O–H groups in total. The van der Waals surface area contributed by atoms with E-state index >= 15 is 0 Å². The highest BCUT2D eigenvalue weighted by Gasteiger charge is 2.35. The topological polar surface area (TPSA) is 75.4 Å². The summed E-state index contributed by atoms with van der Waals surface area (Å²) in [7, 11) is 1.72. The number of hydrogen-bond donors (Lipinski definition) is 1. The highest BCUT2D eigenvalue weighted by molar-refractivity contribution is 5.95. The molecule has 0 saturated carbocycles. The number of aromatic nitrogens is 2. The summed E-state index contributed by atoms with van der Waals surface area (Å²) >= 11 is 0. The molecule has 1 aromatic rings. The zero-order valence-corrected chi connectivity index (χ0v) is 8.96. The van der Waals surface area contributed by atoms with Crippen molar-refractivity contribution in [3.63, 3.8) is 0 Å². The number of likely N-dealkylation sites (tertiary alicyclic amines) is 1. The summed E-state index contributed by atoms with van der Waals surface area (Å²) in [5.74, 6) is -1.24. The van der Waals surface area contributed by atoms with Gasteiger partial charge in [-0.2, -0.15) is 5.10 Å². The third kappa shape index (κ3) is 1.78. The molecule has 16 heavy (non-hydrogen) atoms. The van der Waals surface area contributed by atoms with Crippen molar-refractivity contribution in [3.05, 3.63) is 18.0 Å². The molecule has 1 aliphatic heterocycles. The number of hydrogen-bond acceptors (Lipinski definition) is 3. The first-order valence-corrected chi connectivity index (χ1v) is 5.13. The zero-order valence-electron chi connectivity index (χ0n) is 8.96. The smallest absolute Gasteiger partial charge is 0.326 e. The highest BCUT2D eigenvalue weighted by Crippen LogP contribution is 2.19. The van der Waals surface area contributed by atoms with E-state index in [1.54, 1.807) is 19.3 Å². The van der Waals surface area contributed by atoms with E-state index in [1.165, 1.54) is 9.58 Å². The summed E-state index contributed by atoms with van der Waals surface area (Å²) < 4.78 is 1.53. The van der Waals surface area contributed by atoms with Gasteiger partial charge in [0.2, 0.25) is 0 Å². The number of carbonyl (C=O) groups is 2. The lowest BCUT2D eigenvalue weighted by atomic mass is 10.2. The van der Waals surface area contributed by atoms with Gasteiger partial charge in [0.15, 0.2) is 0 Å².